The van der Waals surface area contributed by atoms with Crippen LogP contribution in [0.2, 0.25) is 0 Å². The molecule has 0 radical (unpaired) electrons. The molecule has 1 aromatic heterocycles. The summed E-state index contributed by atoms with van der Waals surface area (Å²) in [6, 6.07) is 17.5. The minimum Gasteiger partial charge on any atom is -0.497 e. The molecule has 0 bridgehead atoms. The van der Waals surface area contributed by atoms with E-state index >= 15 is 0 Å². The van der Waals surface area contributed by atoms with Gasteiger partial charge < -0.3 is 13.9 Å². The van der Waals surface area contributed by atoms with Crippen molar-refractivity contribution in [3.63, 3.8) is 0 Å². The van der Waals surface area contributed by atoms with E-state index in [1.807, 2.05) is 55.5 Å². The zero-order valence-electron chi connectivity index (χ0n) is 13.3. The first kappa shape index (κ1) is 15.3. The topological polar surface area (TPSA) is 44.0 Å². The third-order valence-electron chi connectivity index (χ3n) is 3.48. The maximum absolute atomic E-state index is 5.98. The Morgan fingerprint density at radius 2 is 1.91 bits per heavy atom. The number of fused-ring (bicyclic) bond motifs is 1. The molecule has 4 heteroatoms. The Balaban J connectivity index is 2.14. The normalized spacial score (nSPS) is 11.8. The molecule has 0 fully saturated rings. The Morgan fingerprint density at radius 1 is 1.04 bits per heavy atom. The van der Waals surface area contributed by atoms with E-state index in [0.717, 1.165) is 28.0 Å². The maximum Gasteiger partial charge on any atom is 0.225 e. The molecule has 0 saturated heterocycles. The van der Waals surface area contributed by atoms with Gasteiger partial charge in [-0.1, -0.05) is 24.3 Å². The number of benzene rings is 2. The lowest BCUT2D eigenvalue weighted by molar-refractivity contribution is 0.131. The SMILES string of the molecule is CCOCc1cc2ccccc2oc1=Nc1cccc(OC)c1. The molecule has 0 aliphatic heterocycles. The first-order chi connectivity index (χ1) is 11.3. The minimum atomic E-state index is 0.466. The molecule has 3 rings (SSSR count). The Kier molecular flexibility index (Phi) is 4.74. The van der Waals surface area contributed by atoms with Gasteiger partial charge in [-0.2, -0.15) is 0 Å². The average Bonchev–Trinajstić information content (AvgIpc) is 2.60. The van der Waals surface area contributed by atoms with Gasteiger partial charge in [0.05, 0.1) is 19.4 Å². The third-order valence-corrected chi connectivity index (χ3v) is 3.48. The second-order valence-electron chi connectivity index (χ2n) is 5.07. The second-order valence-corrected chi connectivity index (χ2v) is 5.07. The van der Waals surface area contributed by atoms with Crippen LogP contribution in [-0.4, -0.2) is 13.7 Å². The highest BCUT2D eigenvalue weighted by atomic mass is 16.5. The Bertz CT molecular complexity index is 868. The van der Waals surface area contributed by atoms with E-state index in [4.69, 9.17) is 13.9 Å². The molecule has 0 N–H and O–H groups in total. The van der Waals surface area contributed by atoms with Crippen LogP contribution in [0.4, 0.5) is 5.69 Å². The molecule has 3 aromatic rings. The van der Waals surface area contributed by atoms with Crippen LogP contribution < -0.4 is 10.3 Å². The van der Waals surface area contributed by atoms with Gasteiger partial charge in [0.15, 0.2) is 0 Å². The van der Waals surface area contributed by atoms with Crippen molar-refractivity contribution in [3.8, 4) is 5.75 Å². The highest BCUT2D eigenvalue weighted by Gasteiger charge is 2.04. The van der Waals surface area contributed by atoms with E-state index in [0.29, 0.717) is 18.8 Å². The molecule has 0 aliphatic rings. The lowest BCUT2D eigenvalue weighted by atomic mass is 10.2. The summed E-state index contributed by atoms with van der Waals surface area (Å²) in [5.41, 5.74) is 3.06. The van der Waals surface area contributed by atoms with Crippen LogP contribution in [0.25, 0.3) is 11.0 Å². The van der Waals surface area contributed by atoms with Crippen LogP contribution in [0.5, 0.6) is 5.75 Å². The van der Waals surface area contributed by atoms with E-state index in [2.05, 4.69) is 11.1 Å². The van der Waals surface area contributed by atoms with Crippen molar-refractivity contribution in [1.82, 2.24) is 0 Å². The van der Waals surface area contributed by atoms with Gasteiger partial charge >= 0.3 is 0 Å². The van der Waals surface area contributed by atoms with Gasteiger partial charge in [-0.15, -0.1) is 0 Å². The molecule has 0 spiro atoms. The van der Waals surface area contributed by atoms with E-state index in [1.165, 1.54) is 0 Å². The number of ether oxygens (including phenoxy) is 2. The average molecular weight is 309 g/mol. The fourth-order valence-electron chi connectivity index (χ4n) is 2.32. The van der Waals surface area contributed by atoms with Crippen molar-refractivity contribution in [2.45, 2.75) is 13.5 Å². The van der Waals surface area contributed by atoms with Crippen LogP contribution in [0.1, 0.15) is 12.5 Å². The van der Waals surface area contributed by atoms with Crippen LogP contribution in [0, 0.1) is 0 Å². The largest absolute Gasteiger partial charge is 0.497 e. The van der Waals surface area contributed by atoms with Crippen molar-refractivity contribution in [2.75, 3.05) is 13.7 Å². The van der Waals surface area contributed by atoms with Crippen LogP contribution >= 0.6 is 0 Å². The lowest BCUT2D eigenvalue weighted by Crippen LogP contribution is -2.10. The number of rotatable bonds is 5. The first-order valence-electron chi connectivity index (χ1n) is 7.58. The van der Waals surface area contributed by atoms with Crippen LogP contribution in [0.15, 0.2) is 64.0 Å². The van der Waals surface area contributed by atoms with Gasteiger partial charge in [-0.05, 0) is 31.2 Å². The van der Waals surface area contributed by atoms with Gasteiger partial charge in [-0.3, -0.25) is 0 Å². The fourth-order valence-corrected chi connectivity index (χ4v) is 2.32. The Hall–Kier alpha value is -2.59. The smallest absolute Gasteiger partial charge is 0.225 e. The molecule has 0 saturated carbocycles. The summed E-state index contributed by atoms with van der Waals surface area (Å²) in [7, 11) is 1.64. The first-order valence-corrected chi connectivity index (χ1v) is 7.58. The van der Waals surface area contributed by atoms with E-state index in [-0.39, 0.29) is 0 Å². The lowest BCUT2D eigenvalue weighted by Gasteiger charge is -2.05. The van der Waals surface area contributed by atoms with Gasteiger partial charge in [0.2, 0.25) is 5.55 Å². The standard InChI is InChI=1S/C19H19NO3/c1-3-22-13-15-11-14-7-4-5-10-18(14)23-19(15)20-16-8-6-9-17(12-16)21-2/h4-12H,3,13H2,1-2H3. The molecule has 0 unspecified atom stereocenters. The predicted molar refractivity (Wildman–Crippen MR) is 89.8 cm³/mol. The summed E-state index contributed by atoms with van der Waals surface area (Å²) in [5, 5.41) is 1.03. The molecule has 23 heavy (non-hydrogen) atoms. The number of methoxy groups -OCH3 is 1. The predicted octanol–water partition coefficient (Wildman–Crippen LogP) is 4.21. The zero-order valence-corrected chi connectivity index (χ0v) is 13.3. The molecule has 0 amide bonds. The minimum absolute atomic E-state index is 0.466. The van der Waals surface area contributed by atoms with Gasteiger partial charge in [0, 0.05) is 23.6 Å². The number of nitrogens with zero attached hydrogens (tertiary/aromatic N) is 1. The zero-order chi connectivity index (χ0) is 16.1. The second kappa shape index (κ2) is 7.11. The van der Waals surface area contributed by atoms with Crippen molar-refractivity contribution >= 4 is 16.7 Å². The molecule has 118 valence electrons. The fraction of sp³-hybridized carbons (Fsp3) is 0.211. The Morgan fingerprint density at radius 3 is 2.74 bits per heavy atom. The van der Waals surface area contributed by atoms with Crippen molar-refractivity contribution in [2.24, 2.45) is 4.99 Å². The van der Waals surface area contributed by atoms with Gasteiger partial charge in [-0.25, -0.2) is 4.99 Å². The molecule has 1 heterocycles. The summed E-state index contributed by atoms with van der Waals surface area (Å²) >= 11 is 0. The van der Waals surface area contributed by atoms with Gasteiger partial charge in [0.25, 0.3) is 0 Å². The molecule has 0 atom stereocenters. The van der Waals surface area contributed by atoms with Crippen molar-refractivity contribution < 1.29 is 13.9 Å². The molecule has 4 nitrogen and oxygen atoms in total. The summed E-state index contributed by atoms with van der Waals surface area (Å²) in [6.45, 7) is 3.08. The van der Waals surface area contributed by atoms with Gasteiger partial charge in [0.1, 0.15) is 11.3 Å². The number of hydrogen-bond acceptors (Lipinski definition) is 4. The molecule has 2 aromatic carbocycles. The summed E-state index contributed by atoms with van der Waals surface area (Å²) in [6.07, 6.45) is 0. The third kappa shape index (κ3) is 3.60. The van der Waals surface area contributed by atoms with Crippen LogP contribution in [-0.2, 0) is 11.3 Å². The summed E-state index contributed by atoms with van der Waals surface area (Å²) in [5.74, 6) is 0.762. The van der Waals surface area contributed by atoms with Crippen molar-refractivity contribution in [1.29, 1.82) is 0 Å². The number of hydrogen-bond donors (Lipinski definition) is 0. The number of para-hydroxylation sites is 1. The quantitative estimate of drug-likeness (QED) is 0.709. The van der Waals surface area contributed by atoms with Crippen LogP contribution in [0.3, 0.4) is 0 Å². The van der Waals surface area contributed by atoms with E-state index in [9.17, 15) is 0 Å². The monoisotopic (exact) mass is 309 g/mol. The highest BCUT2D eigenvalue weighted by Crippen LogP contribution is 2.20. The van der Waals surface area contributed by atoms with E-state index < -0.39 is 0 Å². The highest BCUT2D eigenvalue weighted by molar-refractivity contribution is 5.76. The molecular formula is C19H19NO3. The Labute approximate surface area is 135 Å². The van der Waals surface area contributed by atoms with E-state index in [1.54, 1.807) is 7.11 Å². The summed E-state index contributed by atoms with van der Waals surface area (Å²) in [4.78, 5) is 4.63. The molecular weight excluding hydrogens is 290 g/mol. The maximum atomic E-state index is 5.98. The molecule has 0 aliphatic carbocycles. The summed E-state index contributed by atoms with van der Waals surface area (Å²) < 4.78 is 16.8. The van der Waals surface area contributed by atoms with Crippen molar-refractivity contribution in [3.05, 3.63) is 65.7 Å².